The normalized spacial score (nSPS) is 19.1. The van der Waals surface area contributed by atoms with Crippen molar-refractivity contribution >= 4 is 16.9 Å². The highest BCUT2D eigenvalue weighted by Gasteiger charge is 2.41. The Morgan fingerprint density at radius 3 is 2.70 bits per heavy atom. The molecule has 0 radical (unpaired) electrons. The molecule has 1 aliphatic heterocycles. The van der Waals surface area contributed by atoms with Gasteiger partial charge in [-0.1, -0.05) is 23.4 Å². The summed E-state index contributed by atoms with van der Waals surface area (Å²) in [5.41, 5.74) is 7.53. The largest absolute Gasteiger partial charge is 0.478 e. The lowest BCUT2D eigenvalue weighted by Crippen LogP contribution is -2.47. The van der Waals surface area contributed by atoms with Crippen molar-refractivity contribution in [2.45, 2.75) is 32.4 Å². The minimum atomic E-state index is -0.910. The summed E-state index contributed by atoms with van der Waals surface area (Å²) in [6.45, 7) is 6.02. The van der Waals surface area contributed by atoms with Crippen molar-refractivity contribution in [2.75, 3.05) is 6.54 Å². The maximum Gasteiger partial charge on any atom is 0.335 e. The quantitative estimate of drug-likeness (QED) is 0.501. The SMILES string of the molecule is Cc1cc(C)c2[nH]ccc2c1CN1CC(c2cnoc2)C1c1ccc(C(=O)O)cc1. The summed E-state index contributed by atoms with van der Waals surface area (Å²) in [6.07, 6.45) is 5.49. The van der Waals surface area contributed by atoms with Gasteiger partial charge in [-0.15, -0.1) is 0 Å². The number of carboxylic acids is 1. The zero-order valence-electron chi connectivity index (χ0n) is 16.9. The van der Waals surface area contributed by atoms with Gasteiger partial charge in [-0.2, -0.15) is 0 Å². The fraction of sp³-hybridized carbons (Fsp3) is 0.250. The van der Waals surface area contributed by atoms with Crippen LogP contribution in [0.1, 0.15) is 50.1 Å². The molecule has 152 valence electrons. The molecule has 1 saturated heterocycles. The fourth-order valence-electron chi connectivity index (χ4n) is 4.75. The summed E-state index contributed by atoms with van der Waals surface area (Å²) in [5, 5.41) is 14.4. The molecule has 30 heavy (non-hydrogen) atoms. The Morgan fingerprint density at radius 2 is 2.00 bits per heavy atom. The maximum atomic E-state index is 11.3. The number of benzene rings is 2. The number of aromatic carboxylic acids is 1. The number of likely N-dealkylation sites (tertiary alicyclic amines) is 1. The molecule has 6 nitrogen and oxygen atoms in total. The standard InChI is InChI=1S/C24H23N3O3/c1-14-9-15(2)22-19(7-8-25-22)20(14)11-27-12-21(18-10-26-30-13-18)23(27)16-3-5-17(6-4-16)24(28)29/h3-10,13,21,23,25H,11-12H2,1-2H3,(H,28,29). The fourth-order valence-corrected chi connectivity index (χ4v) is 4.75. The van der Waals surface area contributed by atoms with E-state index in [-0.39, 0.29) is 12.0 Å². The molecule has 0 amide bonds. The topological polar surface area (TPSA) is 82.4 Å². The van der Waals surface area contributed by atoms with Crippen LogP contribution in [0.4, 0.5) is 0 Å². The average molecular weight is 401 g/mol. The van der Waals surface area contributed by atoms with Crippen LogP contribution in [0.25, 0.3) is 10.9 Å². The van der Waals surface area contributed by atoms with Gasteiger partial charge in [0.15, 0.2) is 0 Å². The van der Waals surface area contributed by atoms with E-state index in [2.05, 4.69) is 41.0 Å². The zero-order valence-corrected chi connectivity index (χ0v) is 16.9. The van der Waals surface area contributed by atoms with Gasteiger partial charge >= 0.3 is 5.97 Å². The monoisotopic (exact) mass is 401 g/mol. The number of nitrogens with zero attached hydrogens (tertiary/aromatic N) is 2. The van der Waals surface area contributed by atoms with Crippen LogP contribution in [0.5, 0.6) is 0 Å². The van der Waals surface area contributed by atoms with E-state index in [0.717, 1.165) is 24.2 Å². The van der Waals surface area contributed by atoms with Crippen molar-refractivity contribution in [2.24, 2.45) is 0 Å². The Labute approximate surface area is 174 Å². The van der Waals surface area contributed by atoms with Gasteiger partial charge in [-0.25, -0.2) is 4.79 Å². The van der Waals surface area contributed by atoms with Gasteiger partial charge < -0.3 is 14.6 Å². The van der Waals surface area contributed by atoms with Crippen LogP contribution < -0.4 is 0 Å². The van der Waals surface area contributed by atoms with Gasteiger partial charge in [0.2, 0.25) is 0 Å². The van der Waals surface area contributed by atoms with Crippen LogP contribution in [-0.2, 0) is 6.54 Å². The number of carboxylic acid groups (broad SMARTS) is 1. The number of rotatable bonds is 5. The lowest BCUT2D eigenvalue weighted by Gasteiger charge is -2.48. The van der Waals surface area contributed by atoms with Gasteiger partial charge in [-0.05, 0) is 54.3 Å². The van der Waals surface area contributed by atoms with Crippen LogP contribution in [0.15, 0.2) is 59.6 Å². The Bertz CT molecular complexity index is 1210. The molecule has 3 heterocycles. The first-order chi connectivity index (χ1) is 14.5. The lowest BCUT2D eigenvalue weighted by atomic mass is 9.79. The number of aromatic nitrogens is 2. The predicted molar refractivity (Wildman–Crippen MR) is 114 cm³/mol. The molecule has 1 fully saturated rings. The lowest BCUT2D eigenvalue weighted by molar-refractivity contribution is 0.0501. The van der Waals surface area contributed by atoms with Crippen LogP contribution in [0.3, 0.4) is 0 Å². The second-order valence-corrected chi connectivity index (χ2v) is 8.12. The number of hydrogen-bond acceptors (Lipinski definition) is 4. The minimum absolute atomic E-state index is 0.141. The van der Waals surface area contributed by atoms with Crippen molar-refractivity contribution in [3.63, 3.8) is 0 Å². The highest BCUT2D eigenvalue weighted by molar-refractivity contribution is 5.88. The molecule has 2 atom stereocenters. The van der Waals surface area contributed by atoms with Crippen molar-refractivity contribution in [3.05, 3.63) is 88.4 Å². The molecule has 0 aliphatic carbocycles. The van der Waals surface area contributed by atoms with E-state index in [0.29, 0.717) is 5.56 Å². The molecule has 2 aromatic heterocycles. The molecule has 5 rings (SSSR count). The zero-order chi connectivity index (χ0) is 20.8. The van der Waals surface area contributed by atoms with Gasteiger partial charge in [0.05, 0.1) is 11.8 Å². The number of hydrogen-bond donors (Lipinski definition) is 2. The third-order valence-corrected chi connectivity index (χ3v) is 6.32. The summed E-state index contributed by atoms with van der Waals surface area (Å²) < 4.78 is 5.09. The number of aromatic amines is 1. The summed E-state index contributed by atoms with van der Waals surface area (Å²) in [7, 11) is 0. The molecule has 2 unspecified atom stereocenters. The molecule has 2 aromatic carbocycles. The van der Waals surface area contributed by atoms with E-state index in [1.807, 2.05) is 18.3 Å². The van der Waals surface area contributed by atoms with Crippen molar-refractivity contribution < 1.29 is 14.4 Å². The Hall–Kier alpha value is -3.38. The number of carbonyl (C=O) groups is 1. The highest BCUT2D eigenvalue weighted by Crippen LogP contribution is 2.46. The van der Waals surface area contributed by atoms with E-state index in [1.165, 1.54) is 27.6 Å². The van der Waals surface area contributed by atoms with Gasteiger partial charge in [0.25, 0.3) is 0 Å². The Kier molecular flexibility index (Phi) is 4.44. The van der Waals surface area contributed by atoms with Gasteiger partial charge in [0.1, 0.15) is 6.26 Å². The molecule has 4 aromatic rings. The van der Waals surface area contributed by atoms with Crippen molar-refractivity contribution in [3.8, 4) is 0 Å². The Balaban J connectivity index is 1.50. The van der Waals surface area contributed by atoms with Crippen LogP contribution >= 0.6 is 0 Å². The first-order valence-corrected chi connectivity index (χ1v) is 10.1. The second kappa shape index (κ2) is 7.15. The van der Waals surface area contributed by atoms with Crippen molar-refractivity contribution in [1.82, 2.24) is 15.0 Å². The van der Waals surface area contributed by atoms with E-state index >= 15 is 0 Å². The molecule has 6 heteroatoms. The van der Waals surface area contributed by atoms with Crippen LogP contribution in [0.2, 0.25) is 0 Å². The summed E-state index contributed by atoms with van der Waals surface area (Å²) >= 11 is 0. The van der Waals surface area contributed by atoms with Crippen LogP contribution in [0, 0.1) is 13.8 Å². The van der Waals surface area contributed by atoms with E-state index in [4.69, 9.17) is 4.52 Å². The van der Waals surface area contributed by atoms with Gasteiger partial charge in [-0.3, -0.25) is 4.90 Å². The first-order valence-electron chi connectivity index (χ1n) is 10.1. The second-order valence-electron chi connectivity index (χ2n) is 8.12. The summed E-state index contributed by atoms with van der Waals surface area (Å²) in [5.74, 6) is -0.646. The number of fused-ring (bicyclic) bond motifs is 1. The van der Waals surface area contributed by atoms with Crippen molar-refractivity contribution in [1.29, 1.82) is 0 Å². The molecular weight excluding hydrogens is 378 g/mol. The highest BCUT2D eigenvalue weighted by atomic mass is 16.5. The molecular formula is C24H23N3O3. The van der Waals surface area contributed by atoms with E-state index in [9.17, 15) is 9.90 Å². The van der Waals surface area contributed by atoms with E-state index < -0.39 is 5.97 Å². The summed E-state index contributed by atoms with van der Waals surface area (Å²) in [6, 6.07) is 11.7. The third-order valence-electron chi connectivity index (χ3n) is 6.32. The molecule has 0 spiro atoms. The molecule has 0 saturated carbocycles. The van der Waals surface area contributed by atoms with Gasteiger partial charge in [0, 0.05) is 47.7 Å². The predicted octanol–water partition coefficient (Wildman–Crippen LogP) is 4.81. The number of nitrogens with one attached hydrogen (secondary N) is 1. The van der Waals surface area contributed by atoms with Crippen LogP contribution in [-0.4, -0.2) is 32.7 Å². The number of aryl methyl sites for hydroxylation is 2. The molecule has 1 aliphatic rings. The Morgan fingerprint density at radius 1 is 1.20 bits per heavy atom. The van der Waals surface area contributed by atoms with E-state index in [1.54, 1.807) is 24.6 Å². The molecule has 2 N–H and O–H groups in total. The maximum absolute atomic E-state index is 11.3. The molecule has 0 bridgehead atoms. The number of H-pyrrole nitrogens is 1. The smallest absolute Gasteiger partial charge is 0.335 e. The average Bonchev–Trinajstić information content (AvgIpc) is 3.39. The minimum Gasteiger partial charge on any atom is -0.478 e. The summed E-state index contributed by atoms with van der Waals surface area (Å²) in [4.78, 5) is 17.1. The first kappa shape index (κ1) is 18.6. The third kappa shape index (κ3) is 3.00.